The molecule has 2 amide bonds. The number of hydrazine groups is 1. The molecule has 0 aliphatic carbocycles. The summed E-state index contributed by atoms with van der Waals surface area (Å²) in [7, 11) is 0. The molecule has 0 unspecified atom stereocenters. The number of ether oxygens (including phenoxy) is 1. The Morgan fingerprint density at radius 3 is 2.64 bits per heavy atom. The first-order valence-electron chi connectivity index (χ1n) is 6.43. The number of carbonyl (C=O) groups is 3. The Balaban J connectivity index is 2.45. The molecule has 1 aromatic rings. The van der Waals surface area contributed by atoms with Gasteiger partial charge in [0, 0.05) is 24.1 Å². The fourth-order valence-electron chi connectivity index (χ4n) is 1.42. The van der Waals surface area contributed by atoms with Crippen molar-refractivity contribution in [3.05, 3.63) is 39.9 Å². The predicted octanol–water partition coefficient (Wildman–Crippen LogP) is 0.699. The summed E-state index contributed by atoms with van der Waals surface area (Å²) in [5.74, 6) is -1.96. The lowest BCUT2D eigenvalue weighted by molar-refractivity contribution is -0.384. The van der Waals surface area contributed by atoms with Crippen LogP contribution in [0.4, 0.5) is 5.69 Å². The average Bonchev–Trinajstić information content (AvgIpc) is 2.51. The van der Waals surface area contributed by atoms with Crippen LogP contribution in [-0.4, -0.2) is 29.3 Å². The minimum atomic E-state index is -0.725. The van der Waals surface area contributed by atoms with Gasteiger partial charge in [-0.15, -0.1) is 0 Å². The Kier molecular flexibility index (Phi) is 6.48. The topological polar surface area (TPSA) is 128 Å². The zero-order valence-electron chi connectivity index (χ0n) is 11.8. The maximum absolute atomic E-state index is 11.7. The number of hydrogen-bond acceptors (Lipinski definition) is 6. The molecule has 0 spiro atoms. The largest absolute Gasteiger partial charge is 0.455 e. The van der Waals surface area contributed by atoms with Gasteiger partial charge in [-0.2, -0.15) is 0 Å². The number of rotatable bonds is 6. The number of carbonyl (C=O) groups excluding carboxylic acids is 3. The van der Waals surface area contributed by atoms with E-state index >= 15 is 0 Å². The molecule has 0 saturated heterocycles. The van der Waals surface area contributed by atoms with Crippen LogP contribution in [-0.2, 0) is 14.3 Å². The van der Waals surface area contributed by atoms with Crippen molar-refractivity contribution in [3.8, 4) is 0 Å². The van der Waals surface area contributed by atoms with E-state index in [4.69, 9.17) is 0 Å². The van der Waals surface area contributed by atoms with E-state index in [0.717, 1.165) is 6.07 Å². The lowest BCUT2D eigenvalue weighted by atomic mass is 10.2. The minimum absolute atomic E-state index is 0.0116. The van der Waals surface area contributed by atoms with Crippen LogP contribution in [0.3, 0.4) is 0 Å². The minimum Gasteiger partial charge on any atom is -0.455 e. The SMILES string of the molecule is CCCC(=O)OCC(=O)NNC(=O)c1cccc([N+](=O)[O-])c1. The van der Waals surface area contributed by atoms with E-state index in [1.54, 1.807) is 6.92 Å². The number of non-ortho nitro benzene ring substituents is 1. The highest BCUT2D eigenvalue weighted by molar-refractivity contribution is 5.96. The molecule has 9 heteroatoms. The van der Waals surface area contributed by atoms with Gasteiger partial charge in [0.15, 0.2) is 6.61 Å². The van der Waals surface area contributed by atoms with E-state index < -0.39 is 29.3 Å². The van der Waals surface area contributed by atoms with Crippen molar-refractivity contribution in [2.45, 2.75) is 19.8 Å². The van der Waals surface area contributed by atoms with Crippen LogP contribution >= 0.6 is 0 Å². The van der Waals surface area contributed by atoms with Gasteiger partial charge in [0.05, 0.1) is 4.92 Å². The third-order valence-electron chi connectivity index (χ3n) is 2.45. The number of nitrogens with zero attached hydrogens (tertiary/aromatic N) is 1. The second kappa shape index (κ2) is 8.35. The smallest absolute Gasteiger partial charge is 0.306 e. The van der Waals surface area contributed by atoms with Crippen LogP contribution in [0.2, 0.25) is 0 Å². The first-order chi connectivity index (χ1) is 10.4. The molecule has 1 aromatic carbocycles. The highest BCUT2D eigenvalue weighted by atomic mass is 16.6. The summed E-state index contributed by atoms with van der Waals surface area (Å²) in [4.78, 5) is 44.1. The summed E-state index contributed by atoms with van der Waals surface area (Å²) in [6, 6.07) is 5.02. The van der Waals surface area contributed by atoms with Crippen LogP contribution in [0, 0.1) is 10.1 Å². The Bertz CT molecular complexity index is 587. The summed E-state index contributed by atoms with van der Waals surface area (Å²) >= 11 is 0. The lowest BCUT2D eigenvalue weighted by Gasteiger charge is -2.07. The normalized spacial score (nSPS) is 9.68. The third-order valence-corrected chi connectivity index (χ3v) is 2.45. The molecule has 0 fully saturated rings. The highest BCUT2D eigenvalue weighted by Crippen LogP contribution is 2.12. The number of nitro benzene ring substituents is 1. The van der Waals surface area contributed by atoms with Crippen LogP contribution in [0.1, 0.15) is 30.1 Å². The molecular weight excluding hydrogens is 294 g/mol. The van der Waals surface area contributed by atoms with Crippen molar-refractivity contribution in [2.24, 2.45) is 0 Å². The lowest BCUT2D eigenvalue weighted by Crippen LogP contribution is -2.43. The molecule has 2 N–H and O–H groups in total. The van der Waals surface area contributed by atoms with Gasteiger partial charge in [0.25, 0.3) is 17.5 Å². The molecule has 9 nitrogen and oxygen atoms in total. The molecular formula is C13H15N3O6. The molecule has 22 heavy (non-hydrogen) atoms. The fraction of sp³-hybridized carbons (Fsp3) is 0.308. The maximum Gasteiger partial charge on any atom is 0.306 e. The van der Waals surface area contributed by atoms with E-state index in [0.29, 0.717) is 6.42 Å². The fourth-order valence-corrected chi connectivity index (χ4v) is 1.42. The maximum atomic E-state index is 11.7. The van der Waals surface area contributed by atoms with Crippen LogP contribution in [0.25, 0.3) is 0 Å². The molecule has 0 saturated carbocycles. The van der Waals surface area contributed by atoms with Crippen LogP contribution in [0.15, 0.2) is 24.3 Å². The zero-order chi connectivity index (χ0) is 16.5. The van der Waals surface area contributed by atoms with Gasteiger partial charge in [-0.3, -0.25) is 35.3 Å². The van der Waals surface area contributed by atoms with E-state index in [9.17, 15) is 24.5 Å². The van der Waals surface area contributed by atoms with Crippen LogP contribution < -0.4 is 10.9 Å². The summed E-state index contributed by atoms with van der Waals surface area (Å²) in [6.45, 7) is 1.27. The number of benzene rings is 1. The molecule has 118 valence electrons. The quantitative estimate of drug-likeness (QED) is 0.452. The molecule has 1 rings (SSSR count). The first kappa shape index (κ1) is 17.1. The van der Waals surface area contributed by atoms with Crippen molar-refractivity contribution in [1.29, 1.82) is 0 Å². The van der Waals surface area contributed by atoms with Gasteiger partial charge in [0.1, 0.15) is 0 Å². The first-order valence-corrected chi connectivity index (χ1v) is 6.43. The molecule has 0 aliphatic heterocycles. The number of esters is 1. The molecule has 0 aliphatic rings. The van der Waals surface area contributed by atoms with Crippen molar-refractivity contribution in [1.82, 2.24) is 10.9 Å². The second-order valence-electron chi connectivity index (χ2n) is 4.22. The molecule has 0 radical (unpaired) electrons. The molecule has 0 aromatic heterocycles. The standard InChI is InChI=1S/C13H15N3O6/c1-2-4-12(18)22-8-11(17)14-15-13(19)9-5-3-6-10(7-9)16(20)21/h3,5-7H,2,4,8H2,1H3,(H,14,17)(H,15,19). The molecule has 0 heterocycles. The molecule has 0 atom stereocenters. The Hall–Kier alpha value is -2.97. The average molecular weight is 309 g/mol. The monoisotopic (exact) mass is 309 g/mol. The van der Waals surface area contributed by atoms with E-state index in [1.165, 1.54) is 18.2 Å². The van der Waals surface area contributed by atoms with E-state index in [1.807, 2.05) is 5.43 Å². The van der Waals surface area contributed by atoms with Gasteiger partial charge in [-0.05, 0) is 12.5 Å². The highest BCUT2D eigenvalue weighted by Gasteiger charge is 2.12. The number of nitro groups is 1. The number of amides is 2. The van der Waals surface area contributed by atoms with Gasteiger partial charge in [0.2, 0.25) is 0 Å². The Labute approximate surface area is 125 Å². The predicted molar refractivity (Wildman–Crippen MR) is 74.6 cm³/mol. The van der Waals surface area contributed by atoms with Gasteiger partial charge in [-0.25, -0.2) is 0 Å². The Morgan fingerprint density at radius 1 is 1.27 bits per heavy atom. The van der Waals surface area contributed by atoms with Gasteiger partial charge in [-0.1, -0.05) is 13.0 Å². The number of nitrogens with one attached hydrogen (secondary N) is 2. The summed E-state index contributed by atoms with van der Waals surface area (Å²) in [6.07, 6.45) is 0.803. The Morgan fingerprint density at radius 2 is 2.00 bits per heavy atom. The number of hydrogen-bond donors (Lipinski definition) is 2. The van der Waals surface area contributed by atoms with E-state index in [2.05, 4.69) is 10.2 Å². The molecule has 0 bridgehead atoms. The summed E-state index contributed by atoms with van der Waals surface area (Å²) in [5.41, 5.74) is 3.88. The van der Waals surface area contributed by atoms with Crippen molar-refractivity contribution < 1.29 is 24.0 Å². The summed E-state index contributed by atoms with van der Waals surface area (Å²) in [5, 5.41) is 10.6. The van der Waals surface area contributed by atoms with Gasteiger partial charge >= 0.3 is 5.97 Å². The van der Waals surface area contributed by atoms with E-state index in [-0.39, 0.29) is 17.7 Å². The zero-order valence-corrected chi connectivity index (χ0v) is 11.8. The third kappa shape index (κ3) is 5.57. The van der Waals surface area contributed by atoms with Crippen molar-refractivity contribution in [2.75, 3.05) is 6.61 Å². The second-order valence-corrected chi connectivity index (χ2v) is 4.22. The van der Waals surface area contributed by atoms with Crippen molar-refractivity contribution in [3.63, 3.8) is 0 Å². The van der Waals surface area contributed by atoms with Crippen LogP contribution in [0.5, 0.6) is 0 Å². The van der Waals surface area contributed by atoms with Gasteiger partial charge < -0.3 is 4.74 Å². The summed E-state index contributed by atoms with van der Waals surface area (Å²) < 4.78 is 4.64. The van der Waals surface area contributed by atoms with Crippen molar-refractivity contribution >= 4 is 23.5 Å².